The van der Waals surface area contributed by atoms with E-state index >= 15 is 0 Å². The predicted molar refractivity (Wildman–Crippen MR) is 59.0 cm³/mol. The summed E-state index contributed by atoms with van der Waals surface area (Å²) in [5, 5.41) is 14.1. The number of nitrogens with zero attached hydrogens (tertiary/aromatic N) is 2. The molecule has 4 nitrogen and oxygen atoms in total. The Morgan fingerprint density at radius 2 is 2.47 bits per heavy atom. The maximum atomic E-state index is 9.58. The van der Waals surface area contributed by atoms with Crippen molar-refractivity contribution in [3.63, 3.8) is 0 Å². The Balaban J connectivity index is 2.15. The fourth-order valence-electron chi connectivity index (χ4n) is 1.17. The SMILES string of the molecule is CCCCOCC(O)Cn1cc(Cl)cn1. The second-order valence-corrected chi connectivity index (χ2v) is 3.90. The predicted octanol–water partition coefficient (Wildman–Crippen LogP) is 1.71. The molecule has 0 saturated carbocycles. The van der Waals surface area contributed by atoms with Crippen LogP contribution in [0.4, 0.5) is 0 Å². The average molecular weight is 233 g/mol. The Morgan fingerprint density at radius 1 is 1.67 bits per heavy atom. The summed E-state index contributed by atoms with van der Waals surface area (Å²) >= 11 is 5.69. The molecule has 0 fully saturated rings. The zero-order valence-electron chi connectivity index (χ0n) is 8.90. The van der Waals surface area contributed by atoms with E-state index in [9.17, 15) is 5.11 Å². The fraction of sp³-hybridized carbons (Fsp3) is 0.700. The van der Waals surface area contributed by atoms with Crippen LogP contribution < -0.4 is 0 Å². The number of aliphatic hydroxyl groups excluding tert-OH is 1. The van der Waals surface area contributed by atoms with Gasteiger partial charge in [-0.25, -0.2) is 0 Å². The van der Waals surface area contributed by atoms with E-state index in [4.69, 9.17) is 16.3 Å². The van der Waals surface area contributed by atoms with Crippen LogP contribution in [0.25, 0.3) is 0 Å². The topological polar surface area (TPSA) is 47.3 Å². The summed E-state index contributed by atoms with van der Waals surface area (Å²) in [5.41, 5.74) is 0. The Morgan fingerprint density at radius 3 is 3.07 bits per heavy atom. The molecule has 0 bridgehead atoms. The third kappa shape index (κ3) is 5.16. The summed E-state index contributed by atoms with van der Waals surface area (Å²) in [4.78, 5) is 0. The molecular weight excluding hydrogens is 216 g/mol. The van der Waals surface area contributed by atoms with Crippen molar-refractivity contribution in [1.29, 1.82) is 0 Å². The molecule has 86 valence electrons. The van der Waals surface area contributed by atoms with Crippen LogP contribution in [0, 0.1) is 0 Å². The maximum Gasteiger partial charge on any atom is 0.0968 e. The zero-order chi connectivity index (χ0) is 11.1. The van der Waals surface area contributed by atoms with Crippen LogP contribution in [0.15, 0.2) is 12.4 Å². The molecule has 5 heteroatoms. The second kappa shape index (κ2) is 6.82. The van der Waals surface area contributed by atoms with Crippen molar-refractivity contribution in [2.45, 2.75) is 32.4 Å². The van der Waals surface area contributed by atoms with Crippen LogP contribution in [0.3, 0.4) is 0 Å². The van der Waals surface area contributed by atoms with Crippen molar-refractivity contribution >= 4 is 11.6 Å². The van der Waals surface area contributed by atoms with Gasteiger partial charge in [0.05, 0.1) is 30.5 Å². The Kier molecular flexibility index (Phi) is 5.68. The zero-order valence-corrected chi connectivity index (χ0v) is 9.65. The first-order valence-corrected chi connectivity index (χ1v) is 5.54. The highest BCUT2D eigenvalue weighted by atomic mass is 35.5. The lowest BCUT2D eigenvalue weighted by molar-refractivity contribution is 0.0254. The van der Waals surface area contributed by atoms with Gasteiger partial charge in [0.25, 0.3) is 0 Å². The molecule has 0 saturated heterocycles. The van der Waals surface area contributed by atoms with Crippen molar-refractivity contribution in [3.05, 3.63) is 17.4 Å². The van der Waals surface area contributed by atoms with E-state index in [-0.39, 0.29) is 0 Å². The number of halogens is 1. The molecule has 1 atom stereocenters. The smallest absolute Gasteiger partial charge is 0.0968 e. The molecule has 1 unspecified atom stereocenters. The van der Waals surface area contributed by atoms with Crippen molar-refractivity contribution in [3.8, 4) is 0 Å². The van der Waals surface area contributed by atoms with Crippen LogP contribution in [0.1, 0.15) is 19.8 Å². The molecule has 0 aliphatic carbocycles. The van der Waals surface area contributed by atoms with Crippen LogP contribution in [-0.2, 0) is 11.3 Å². The van der Waals surface area contributed by atoms with Crippen LogP contribution in [-0.4, -0.2) is 34.2 Å². The quantitative estimate of drug-likeness (QED) is 0.729. The van der Waals surface area contributed by atoms with E-state index in [2.05, 4.69) is 12.0 Å². The van der Waals surface area contributed by atoms with Crippen molar-refractivity contribution in [2.75, 3.05) is 13.2 Å². The Hall–Kier alpha value is -0.580. The molecule has 0 aromatic carbocycles. The molecule has 0 spiro atoms. The molecule has 1 rings (SSSR count). The van der Waals surface area contributed by atoms with Crippen molar-refractivity contribution in [2.24, 2.45) is 0 Å². The van der Waals surface area contributed by atoms with E-state index in [1.54, 1.807) is 17.1 Å². The molecule has 0 aliphatic heterocycles. The van der Waals surface area contributed by atoms with Gasteiger partial charge in [0, 0.05) is 12.8 Å². The van der Waals surface area contributed by atoms with Gasteiger partial charge < -0.3 is 9.84 Å². The second-order valence-electron chi connectivity index (χ2n) is 3.46. The average Bonchev–Trinajstić information content (AvgIpc) is 2.59. The lowest BCUT2D eigenvalue weighted by Crippen LogP contribution is -2.22. The number of aromatic nitrogens is 2. The van der Waals surface area contributed by atoms with E-state index in [0.717, 1.165) is 12.8 Å². The van der Waals surface area contributed by atoms with Crippen molar-refractivity contribution < 1.29 is 9.84 Å². The highest BCUT2D eigenvalue weighted by Crippen LogP contribution is 2.05. The summed E-state index contributed by atoms with van der Waals surface area (Å²) in [5.74, 6) is 0. The largest absolute Gasteiger partial charge is 0.389 e. The van der Waals surface area contributed by atoms with E-state index in [1.165, 1.54) is 0 Å². The molecular formula is C10H17ClN2O2. The van der Waals surface area contributed by atoms with E-state index in [1.807, 2.05) is 0 Å². The highest BCUT2D eigenvalue weighted by Gasteiger charge is 2.06. The number of hydrogen-bond donors (Lipinski definition) is 1. The first kappa shape index (κ1) is 12.5. The molecule has 1 aromatic rings. The van der Waals surface area contributed by atoms with Crippen LogP contribution in [0.2, 0.25) is 5.02 Å². The van der Waals surface area contributed by atoms with Gasteiger partial charge in [0.1, 0.15) is 0 Å². The molecule has 1 heterocycles. The molecule has 0 amide bonds. The Bertz CT molecular complexity index is 278. The van der Waals surface area contributed by atoms with Gasteiger partial charge in [-0.15, -0.1) is 0 Å². The molecule has 0 aliphatic rings. The van der Waals surface area contributed by atoms with Gasteiger partial charge in [0.15, 0.2) is 0 Å². The van der Waals surface area contributed by atoms with Gasteiger partial charge in [0.2, 0.25) is 0 Å². The summed E-state index contributed by atoms with van der Waals surface area (Å²) in [6.45, 7) is 3.56. The minimum absolute atomic E-state index is 0.345. The van der Waals surface area contributed by atoms with E-state index < -0.39 is 6.10 Å². The molecule has 15 heavy (non-hydrogen) atoms. The molecule has 1 N–H and O–H groups in total. The first-order chi connectivity index (χ1) is 7.22. The van der Waals surface area contributed by atoms with Gasteiger partial charge in [-0.2, -0.15) is 5.10 Å². The lowest BCUT2D eigenvalue weighted by atomic mass is 10.3. The summed E-state index contributed by atoms with van der Waals surface area (Å²) in [7, 11) is 0. The summed E-state index contributed by atoms with van der Waals surface area (Å²) < 4.78 is 6.90. The van der Waals surface area contributed by atoms with E-state index in [0.29, 0.717) is 24.8 Å². The van der Waals surface area contributed by atoms with Gasteiger partial charge in [-0.05, 0) is 6.42 Å². The van der Waals surface area contributed by atoms with Crippen LogP contribution >= 0.6 is 11.6 Å². The normalized spacial score (nSPS) is 13.0. The fourth-order valence-corrected chi connectivity index (χ4v) is 1.33. The minimum atomic E-state index is -0.530. The number of hydrogen-bond acceptors (Lipinski definition) is 3. The number of unbranched alkanes of at least 4 members (excludes halogenated alkanes) is 1. The minimum Gasteiger partial charge on any atom is -0.389 e. The first-order valence-electron chi connectivity index (χ1n) is 5.16. The monoisotopic (exact) mass is 232 g/mol. The van der Waals surface area contributed by atoms with Crippen molar-refractivity contribution in [1.82, 2.24) is 9.78 Å². The third-order valence-corrected chi connectivity index (χ3v) is 2.15. The van der Waals surface area contributed by atoms with Gasteiger partial charge >= 0.3 is 0 Å². The summed E-state index contributed by atoms with van der Waals surface area (Å²) in [6.07, 6.45) is 4.83. The van der Waals surface area contributed by atoms with Gasteiger partial charge in [-0.3, -0.25) is 4.68 Å². The highest BCUT2D eigenvalue weighted by molar-refractivity contribution is 6.30. The molecule has 1 aromatic heterocycles. The maximum absolute atomic E-state index is 9.58. The number of ether oxygens (including phenoxy) is 1. The van der Waals surface area contributed by atoms with Gasteiger partial charge in [-0.1, -0.05) is 24.9 Å². The lowest BCUT2D eigenvalue weighted by Gasteiger charge is -2.10. The number of aliphatic hydroxyl groups is 1. The standard InChI is InChI=1S/C10H17ClN2O2/c1-2-3-4-15-8-10(14)7-13-6-9(11)5-12-13/h5-6,10,14H,2-4,7-8H2,1H3. The summed E-state index contributed by atoms with van der Waals surface area (Å²) in [6, 6.07) is 0. The number of rotatable bonds is 7. The third-order valence-electron chi connectivity index (χ3n) is 1.95. The van der Waals surface area contributed by atoms with Crippen LogP contribution in [0.5, 0.6) is 0 Å². The molecule has 0 radical (unpaired) electrons. The Labute approximate surface area is 94.8 Å².